The van der Waals surface area contributed by atoms with E-state index in [9.17, 15) is 4.79 Å². The Hall–Kier alpha value is -3.26. The standard InChI is InChI=1S/C19H17N5O2S/c1-12(2)26-16-5-3-4-14(10-16)17(25)21-15-8-6-13(7-9-15)18-23-24-11-20-22-19(24)27-18/h3-12H,1-2H3,(H,21,25). The number of nitrogens with one attached hydrogen (secondary N) is 1. The van der Waals surface area contributed by atoms with Crippen molar-refractivity contribution >= 4 is 27.9 Å². The lowest BCUT2D eigenvalue weighted by Crippen LogP contribution is -2.12. The maximum absolute atomic E-state index is 12.5. The quantitative estimate of drug-likeness (QED) is 0.569. The SMILES string of the molecule is CC(C)Oc1cccc(C(=O)Nc2ccc(-c3nn4cnnc4s3)cc2)c1. The summed E-state index contributed by atoms with van der Waals surface area (Å²) in [7, 11) is 0. The minimum Gasteiger partial charge on any atom is -0.491 e. The van der Waals surface area contributed by atoms with E-state index in [-0.39, 0.29) is 12.0 Å². The first-order chi connectivity index (χ1) is 13.1. The molecule has 0 radical (unpaired) electrons. The number of hydrogen-bond acceptors (Lipinski definition) is 6. The van der Waals surface area contributed by atoms with Crippen molar-refractivity contribution in [2.75, 3.05) is 5.32 Å². The topological polar surface area (TPSA) is 81.4 Å². The highest BCUT2D eigenvalue weighted by Gasteiger charge is 2.10. The van der Waals surface area contributed by atoms with Gasteiger partial charge in [0.25, 0.3) is 5.91 Å². The van der Waals surface area contributed by atoms with Crippen molar-refractivity contribution < 1.29 is 9.53 Å². The first-order valence-corrected chi connectivity index (χ1v) is 9.25. The van der Waals surface area contributed by atoms with E-state index in [1.807, 2.05) is 50.2 Å². The Labute approximate surface area is 159 Å². The normalized spacial score (nSPS) is 11.1. The average molecular weight is 379 g/mol. The van der Waals surface area contributed by atoms with Gasteiger partial charge < -0.3 is 10.1 Å². The van der Waals surface area contributed by atoms with Crippen LogP contribution in [0, 0.1) is 0 Å². The van der Waals surface area contributed by atoms with Crippen molar-refractivity contribution in [1.29, 1.82) is 0 Å². The monoisotopic (exact) mass is 379 g/mol. The number of carbonyl (C=O) groups excluding carboxylic acids is 1. The van der Waals surface area contributed by atoms with Crippen molar-refractivity contribution in [2.24, 2.45) is 0 Å². The number of ether oxygens (including phenoxy) is 1. The van der Waals surface area contributed by atoms with Gasteiger partial charge in [0.05, 0.1) is 6.10 Å². The molecule has 27 heavy (non-hydrogen) atoms. The molecule has 0 unspecified atom stereocenters. The number of hydrogen-bond donors (Lipinski definition) is 1. The van der Waals surface area contributed by atoms with Crippen LogP contribution in [-0.2, 0) is 0 Å². The third-order valence-corrected chi connectivity index (χ3v) is 4.71. The molecule has 7 nitrogen and oxygen atoms in total. The molecule has 0 aliphatic rings. The fraction of sp³-hybridized carbons (Fsp3) is 0.158. The molecule has 0 saturated carbocycles. The highest BCUT2D eigenvalue weighted by Crippen LogP contribution is 2.26. The van der Waals surface area contributed by atoms with Crippen molar-refractivity contribution in [3.05, 3.63) is 60.4 Å². The van der Waals surface area contributed by atoms with E-state index in [1.165, 1.54) is 11.3 Å². The molecule has 0 fully saturated rings. The fourth-order valence-electron chi connectivity index (χ4n) is 2.56. The molecule has 2 heterocycles. The zero-order valence-corrected chi connectivity index (χ0v) is 15.6. The lowest BCUT2D eigenvalue weighted by molar-refractivity contribution is 0.102. The Balaban J connectivity index is 1.48. The third-order valence-electron chi connectivity index (χ3n) is 3.74. The van der Waals surface area contributed by atoms with Gasteiger partial charge in [0, 0.05) is 16.8 Å². The number of nitrogens with zero attached hydrogens (tertiary/aromatic N) is 4. The minimum atomic E-state index is -0.184. The van der Waals surface area contributed by atoms with Gasteiger partial charge in [-0.3, -0.25) is 4.79 Å². The lowest BCUT2D eigenvalue weighted by Gasteiger charge is -2.11. The summed E-state index contributed by atoms with van der Waals surface area (Å²) in [4.78, 5) is 13.2. The number of rotatable bonds is 5. The predicted octanol–water partition coefficient (Wildman–Crippen LogP) is 3.89. The first-order valence-electron chi connectivity index (χ1n) is 8.44. The number of fused-ring (bicyclic) bond motifs is 1. The van der Waals surface area contributed by atoms with E-state index in [2.05, 4.69) is 20.6 Å². The van der Waals surface area contributed by atoms with Crippen LogP contribution in [0.15, 0.2) is 54.9 Å². The maximum Gasteiger partial charge on any atom is 0.255 e. The third kappa shape index (κ3) is 3.80. The van der Waals surface area contributed by atoms with E-state index >= 15 is 0 Å². The summed E-state index contributed by atoms with van der Waals surface area (Å²) in [6.45, 7) is 3.90. The van der Waals surface area contributed by atoms with Gasteiger partial charge in [-0.15, -0.1) is 10.2 Å². The van der Waals surface area contributed by atoms with E-state index in [0.717, 1.165) is 15.5 Å². The summed E-state index contributed by atoms with van der Waals surface area (Å²) >= 11 is 1.46. The van der Waals surface area contributed by atoms with E-state index in [0.29, 0.717) is 17.0 Å². The number of carbonyl (C=O) groups is 1. The van der Waals surface area contributed by atoms with Crippen molar-refractivity contribution in [3.8, 4) is 16.3 Å². The largest absolute Gasteiger partial charge is 0.491 e. The summed E-state index contributed by atoms with van der Waals surface area (Å²) in [5, 5.41) is 15.9. The highest BCUT2D eigenvalue weighted by molar-refractivity contribution is 7.19. The Morgan fingerprint density at radius 3 is 2.74 bits per heavy atom. The van der Waals surface area contributed by atoms with Gasteiger partial charge in [0.15, 0.2) is 0 Å². The van der Waals surface area contributed by atoms with Gasteiger partial charge >= 0.3 is 0 Å². The van der Waals surface area contributed by atoms with Crippen LogP contribution in [0.1, 0.15) is 24.2 Å². The second-order valence-electron chi connectivity index (χ2n) is 6.19. The van der Waals surface area contributed by atoms with Gasteiger partial charge in [0.1, 0.15) is 17.1 Å². The molecule has 8 heteroatoms. The van der Waals surface area contributed by atoms with Crippen LogP contribution in [-0.4, -0.2) is 31.8 Å². The van der Waals surface area contributed by atoms with E-state index in [4.69, 9.17) is 4.74 Å². The van der Waals surface area contributed by atoms with E-state index in [1.54, 1.807) is 23.0 Å². The summed E-state index contributed by atoms with van der Waals surface area (Å²) in [6, 6.07) is 14.7. The Kier molecular flexibility index (Phi) is 4.55. The molecule has 136 valence electrons. The molecule has 1 N–H and O–H groups in total. The summed E-state index contributed by atoms with van der Waals surface area (Å²) in [5.74, 6) is 0.493. The number of amides is 1. The molecule has 4 rings (SSSR count). The molecule has 0 atom stereocenters. The van der Waals surface area contributed by atoms with Gasteiger partial charge in [-0.25, -0.2) is 0 Å². The lowest BCUT2D eigenvalue weighted by atomic mass is 10.1. The van der Waals surface area contributed by atoms with Crippen LogP contribution in [0.4, 0.5) is 5.69 Å². The fourth-order valence-corrected chi connectivity index (χ4v) is 3.38. The Morgan fingerprint density at radius 1 is 1.19 bits per heavy atom. The molecule has 0 aliphatic heterocycles. The first kappa shape index (κ1) is 17.2. The molecule has 0 spiro atoms. The Morgan fingerprint density at radius 2 is 2.00 bits per heavy atom. The molecule has 0 bridgehead atoms. The molecule has 1 amide bonds. The number of aromatic nitrogens is 4. The van der Waals surface area contributed by atoms with Gasteiger partial charge in [-0.1, -0.05) is 17.4 Å². The van der Waals surface area contributed by atoms with Crippen molar-refractivity contribution in [1.82, 2.24) is 19.8 Å². The molecular formula is C19H17N5O2S. The molecule has 2 aromatic carbocycles. The van der Waals surface area contributed by atoms with Crippen LogP contribution in [0.25, 0.3) is 15.5 Å². The second kappa shape index (κ2) is 7.16. The zero-order valence-electron chi connectivity index (χ0n) is 14.8. The Bertz CT molecular complexity index is 1060. The van der Waals surface area contributed by atoms with Crippen LogP contribution in [0.3, 0.4) is 0 Å². The average Bonchev–Trinajstić information content (AvgIpc) is 3.24. The molecule has 0 aliphatic carbocycles. The zero-order chi connectivity index (χ0) is 18.8. The smallest absolute Gasteiger partial charge is 0.255 e. The van der Waals surface area contributed by atoms with Crippen molar-refractivity contribution in [3.63, 3.8) is 0 Å². The summed E-state index contributed by atoms with van der Waals surface area (Å²) in [6.07, 6.45) is 1.63. The van der Waals surface area contributed by atoms with Crippen LogP contribution in [0.5, 0.6) is 5.75 Å². The van der Waals surface area contributed by atoms with Crippen LogP contribution < -0.4 is 10.1 Å². The van der Waals surface area contributed by atoms with Crippen molar-refractivity contribution in [2.45, 2.75) is 20.0 Å². The number of anilines is 1. The molecule has 4 aromatic rings. The summed E-state index contributed by atoms with van der Waals surface area (Å²) in [5.41, 5.74) is 2.21. The molecule has 0 saturated heterocycles. The molecule has 2 aromatic heterocycles. The van der Waals surface area contributed by atoms with Gasteiger partial charge in [-0.2, -0.15) is 9.61 Å². The summed E-state index contributed by atoms with van der Waals surface area (Å²) < 4.78 is 7.28. The maximum atomic E-state index is 12.5. The predicted molar refractivity (Wildman–Crippen MR) is 104 cm³/mol. The van der Waals surface area contributed by atoms with Gasteiger partial charge in [0.2, 0.25) is 4.96 Å². The van der Waals surface area contributed by atoms with E-state index < -0.39 is 0 Å². The van der Waals surface area contributed by atoms with Gasteiger partial charge in [-0.05, 0) is 56.3 Å². The highest BCUT2D eigenvalue weighted by atomic mass is 32.1. The minimum absolute atomic E-state index is 0.0559. The van der Waals surface area contributed by atoms with Crippen LogP contribution >= 0.6 is 11.3 Å². The number of benzene rings is 2. The molecular weight excluding hydrogens is 362 g/mol. The van der Waals surface area contributed by atoms with Crippen LogP contribution in [0.2, 0.25) is 0 Å². The second-order valence-corrected chi connectivity index (χ2v) is 7.15.